The highest BCUT2D eigenvalue weighted by molar-refractivity contribution is 5.98. The molecule has 0 aromatic heterocycles. The second-order valence-electron chi connectivity index (χ2n) is 5.55. The van der Waals surface area contributed by atoms with Gasteiger partial charge in [0.1, 0.15) is 0 Å². The molecule has 0 aliphatic heterocycles. The van der Waals surface area contributed by atoms with Gasteiger partial charge in [0.2, 0.25) is 5.91 Å². The quantitative estimate of drug-likeness (QED) is 0.557. The predicted molar refractivity (Wildman–Crippen MR) is 96.5 cm³/mol. The van der Waals surface area contributed by atoms with Crippen LogP contribution < -0.4 is 5.32 Å². The molecule has 3 aromatic carbocycles. The van der Waals surface area contributed by atoms with Crippen LogP contribution in [0.3, 0.4) is 0 Å². The Morgan fingerprint density at radius 3 is 1.92 bits per heavy atom. The Hall–Kier alpha value is -3.47. The minimum atomic E-state index is -0.498. The third-order valence-electron chi connectivity index (χ3n) is 3.85. The summed E-state index contributed by atoms with van der Waals surface area (Å²) < 4.78 is 0. The zero-order valence-electron chi connectivity index (χ0n) is 13.3. The maximum absolute atomic E-state index is 12.9. The minimum Gasteiger partial charge on any atom is -0.325 e. The van der Waals surface area contributed by atoms with E-state index in [9.17, 15) is 14.9 Å². The number of anilines is 1. The number of nitrogens with one attached hydrogen (secondary N) is 1. The Morgan fingerprint density at radius 2 is 1.40 bits per heavy atom. The molecule has 3 rings (SSSR count). The van der Waals surface area contributed by atoms with Gasteiger partial charge in [-0.25, -0.2) is 0 Å². The number of rotatable bonds is 5. The number of hydrogen-bond donors (Lipinski definition) is 1. The molecule has 0 atom stereocenters. The number of non-ortho nitro benzene ring substituents is 1. The van der Waals surface area contributed by atoms with Crippen LogP contribution in [0, 0.1) is 10.1 Å². The van der Waals surface area contributed by atoms with Gasteiger partial charge in [0, 0.05) is 17.8 Å². The molecular formula is C20H16N2O3. The number of carbonyl (C=O) groups excluding carboxylic acids is 1. The van der Waals surface area contributed by atoms with Crippen LogP contribution in [0.1, 0.15) is 17.0 Å². The van der Waals surface area contributed by atoms with Gasteiger partial charge in [-0.3, -0.25) is 14.9 Å². The maximum atomic E-state index is 12.9. The molecule has 0 aliphatic carbocycles. The van der Waals surface area contributed by atoms with Crippen LogP contribution in [0.25, 0.3) is 0 Å². The molecule has 0 unspecified atom stereocenters. The van der Waals surface area contributed by atoms with Crippen LogP contribution in [0.2, 0.25) is 0 Å². The van der Waals surface area contributed by atoms with Crippen LogP contribution in [-0.2, 0) is 4.79 Å². The molecule has 0 fully saturated rings. The minimum absolute atomic E-state index is 0.0613. The molecule has 0 aliphatic rings. The van der Waals surface area contributed by atoms with Crippen molar-refractivity contribution in [3.63, 3.8) is 0 Å². The lowest BCUT2D eigenvalue weighted by atomic mass is 9.90. The van der Waals surface area contributed by atoms with E-state index in [1.165, 1.54) is 12.1 Å². The molecular weight excluding hydrogens is 316 g/mol. The normalized spacial score (nSPS) is 10.4. The first kappa shape index (κ1) is 16.4. The Morgan fingerprint density at radius 1 is 0.840 bits per heavy atom. The van der Waals surface area contributed by atoms with Crippen LogP contribution in [0.4, 0.5) is 11.4 Å². The van der Waals surface area contributed by atoms with Gasteiger partial charge in [-0.1, -0.05) is 66.7 Å². The molecule has 0 saturated carbocycles. The molecule has 1 N–H and O–H groups in total. The average molecular weight is 332 g/mol. The molecule has 3 aromatic rings. The van der Waals surface area contributed by atoms with Crippen molar-refractivity contribution < 1.29 is 9.72 Å². The summed E-state index contributed by atoms with van der Waals surface area (Å²) in [5, 5.41) is 13.7. The molecule has 0 radical (unpaired) electrons. The fourth-order valence-electron chi connectivity index (χ4n) is 2.70. The number of benzene rings is 3. The Kier molecular flexibility index (Phi) is 4.85. The van der Waals surface area contributed by atoms with Gasteiger partial charge in [0.25, 0.3) is 5.69 Å². The smallest absolute Gasteiger partial charge is 0.271 e. The van der Waals surface area contributed by atoms with Crippen molar-refractivity contribution in [2.45, 2.75) is 5.92 Å². The van der Waals surface area contributed by atoms with Gasteiger partial charge >= 0.3 is 0 Å². The van der Waals surface area contributed by atoms with E-state index in [2.05, 4.69) is 5.32 Å². The maximum Gasteiger partial charge on any atom is 0.271 e. The number of nitro groups is 1. The van der Waals surface area contributed by atoms with E-state index < -0.39 is 10.8 Å². The molecule has 124 valence electrons. The van der Waals surface area contributed by atoms with Gasteiger partial charge in [0.05, 0.1) is 10.8 Å². The van der Waals surface area contributed by atoms with Gasteiger partial charge in [0.15, 0.2) is 0 Å². The molecule has 1 amide bonds. The second-order valence-corrected chi connectivity index (χ2v) is 5.55. The summed E-state index contributed by atoms with van der Waals surface area (Å²) in [7, 11) is 0. The molecule has 0 bridgehead atoms. The number of hydrogen-bond acceptors (Lipinski definition) is 3. The van der Waals surface area contributed by atoms with Crippen LogP contribution in [0.5, 0.6) is 0 Å². The van der Waals surface area contributed by atoms with E-state index >= 15 is 0 Å². The highest BCUT2D eigenvalue weighted by atomic mass is 16.6. The first-order valence-electron chi connectivity index (χ1n) is 7.80. The fraction of sp³-hybridized carbons (Fsp3) is 0.0500. The SMILES string of the molecule is O=C(Nc1cccc([N+](=O)[O-])c1)C(c1ccccc1)c1ccccc1. The summed E-state index contributed by atoms with van der Waals surface area (Å²) in [5.74, 6) is -0.737. The van der Waals surface area contributed by atoms with Crippen LogP contribution in [0.15, 0.2) is 84.9 Å². The Labute approximate surface area is 145 Å². The van der Waals surface area contributed by atoms with E-state index in [4.69, 9.17) is 0 Å². The Bertz CT molecular complexity index is 840. The summed E-state index contributed by atoms with van der Waals surface area (Å²) in [5.41, 5.74) is 2.05. The third-order valence-corrected chi connectivity index (χ3v) is 3.85. The standard InChI is InChI=1S/C20H16N2O3/c23-20(21-17-12-7-13-18(14-17)22(24)25)19(15-8-3-1-4-9-15)16-10-5-2-6-11-16/h1-14,19H,(H,21,23). The second kappa shape index (κ2) is 7.40. The summed E-state index contributed by atoms with van der Waals surface area (Å²) in [6.45, 7) is 0. The molecule has 5 heteroatoms. The van der Waals surface area contributed by atoms with Crippen molar-refractivity contribution in [3.05, 3.63) is 106 Å². The van der Waals surface area contributed by atoms with Crippen molar-refractivity contribution >= 4 is 17.3 Å². The lowest BCUT2D eigenvalue weighted by Crippen LogP contribution is -2.22. The van der Waals surface area contributed by atoms with Gasteiger partial charge in [-0.05, 0) is 17.2 Å². The van der Waals surface area contributed by atoms with Crippen LogP contribution in [-0.4, -0.2) is 10.8 Å². The monoisotopic (exact) mass is 332 g/mol. The van der Waals surface area contributed by atoms with Crippen molar-refractivity contribution in [3.8, 4) is 0 Å². The predicted octanol–water partition coefficient (Wildman–Crippen LogP) is 4.37. The first-order valence-corrected chi connectivity index (χ1v) is 7.80. The number of nitrogens with zero attached hydrogens (tertiary/aromatic N) is 1. The van der Waals surface area contributed by atoms with Crippen molar-refractivity contribution in [2.24, 2.45) is 0 Å². The first-order chi connectivity index (χ1) is 12.1. The van der Waals surface area contributed by atoms with Crippen molar-refractivity contribution in [1.82, 2.24) is 0 Å². The van der Waals surface area contributed by atoms with E-state index in [1.54, 1.807) is 12.1 Å². The lowest BCUT2D eigenvalue weighted by Gasteiger charge is -2.18. The Balaban J connectivity index is 1.93. The molecule has 0 saturated heterocycles. The summed E-state index contributed by atoms with van der Waals surface area (Å²) in [6, 6.07) is 24.8. The van der Waals surface area contributed by atoms with Gasteiger partial charge in [-0.2, -0.15) is 0 Å². The third kappa shape index (κ3) is 3.90. The summed E-state index contributed by atoms with van der Waals surface area (Å²) in [4.78, 5) is 23.3. The van der Waals surface area contributed by atoms with E-state index in [1.807, 2.05) is 60.7 Å². The zero-order chi connectivity index (χ0) is 17.6. The van der Waals surface area contributed by atoms with E-state index in [-0.39, 0.29) is 11.6 Å². The summed E-state index contributed by atoms with van der Waals surface area (Å²) in [6.07, 6.45) is 0. The average Bonchev–Trinajstić information content (AvgIpc) is 2.64. The highest BCUT2D eigenvalue weighted by Crippen LogP contribution is 2.27. The topological polar surface area (TPSA) is 72.2 Å². The van der Waals surface area contributed by atoms with Gasteiger partial charge < -0.3 is 5.32 Å². The number of carbonyl (C=O) groups is 1. The molecule has 0 spiro atoms. The van der Waals surface area contributed by atoms with Gasteiger partial charge in [-0.15, -0.1) is 0 Å². The number of nitro benzene ring substituents is 1. The van der Waals surface area contributed by atoms with Crippen molar-refractivity contribution in [2.75, 3.05) is 5.32 Å². The van der Waals surface area contributed by atoms with E-state index in [0.29, 0.717) is 5.69 Å². The van der Waals surface area contributed by atoms with E-state index in [0.717, 1.165) is 11.1 Å². The zero-order valence-corrected chi connectivity index (χ0v) is 13.3. The molecule has 25 heavy (non-hydrogen) atoms. The summed E-state index contributed by atoms with van der Waals surface area (Å²) >= 11 is 0. The van der Waals surface area contributed by atoms with Crippen molar-refractivity contribution in [1.29, 1.82) is 0 Å². The number of amides is 1. The molecule has 0 heterocycles. The highest BCUT2D eigenvalue weighted by Gasteiger charge is 2.23. The molecule has 5 nitrogen and oxygen atoms in total. The fourth-order valence-corrected chi connectivity index (χ4v) is 2.70. The largest absolute Gasteiger partial charge is 0.325 e. The lowest BCUT2D eigenvalue weighted by molar-refractivity contribution is -0.384. The van der Waals surface area contributed by atoms with Crippen LogP contribution >= 0.6 is 0 Å².